The van der Waals surface area contributed by atoms with Crippen LogP contribution in [0.5, 0.6) is 11.5 Å². The van der Waals surface area contributed by atoms with Crippen LogP contribution in [0.3, 0.4) is 0 Å². The van der Waals surface area contributed by atoms with E-state index in [-0.39, 0.29) is 12.5 Å². The first-order chi connectivity index (χ1) is 12.7. The van der Waals surface area contributed by atoms with Gasteiger partial charge in [-0.1, -0.05) is 18.2 Å². The Kier molecular flexibility index (Phi) is 5.72. The number of hydrogen-bond donors (Lipinski definition) is 2. The lowest BCUT2D eigenvalue weighted by atomic mass is 10.2. The lowest BCUT2D eigenvalue weighted by Gasteiger charge is -2.10. The van der Waals surface area contributed by atoms with Gasteiger partial charge in [0.05, 0.1) is 7.11 Å². The SMILES string of the molecule is COc1ccc(OCC(=O)Nc2ccc(Nc3ccccc3)cc2)cc1. The Hall–Kier alpha value is -3.47. The molecule has 0 saturated carbocycles. The van der Waals surface area contributed by atoms with Crippen molar-refractivity contribution in [2.24, 2.45) is 0 Å². The van der Waals surface area contributed by atoms with Crippen LogP contribution in [0.25, 0.3) is 0 Å². The topological polar surface area (TPSA) is 59.6 Å². The highest BCUT2D eigenvalue weighted by molar-refractivity contribution is 5.92. The monoisotopic (exact) mass is 348 g/mol. The second kappa shape index (κ2) is 8.58. The summed E-state index contributed by atoms with van der Waals surface area (Å²) in [6.45, 7) is -0.0592. The molecule has 0 atom stereocenters. The van der Waals surface area contributed by atoms with Crippen LogP contribution in [-0.2, 0) is 4.79 Å². The van der Waals surface area contributed by atoms with E-state index >= 15 is 0 Å². The fourth-order valence-electron chi connectivity index (χ4n) is 2.34. The summed E-state index contributed by atoms with van der Waals surface area (Å²) in [5.74, 6) is 1.14. The number of hydrogen-bond acceptors (Lipinski definition) is 4. The molecule has 0 saturated heterocycles. The maximum absolute atomic E-state index is 12.0. The summed E-state index contributed by atoms with van der Waals surface area (Å²) in [4.78, 5) is 12.0. The first-order valence-electron chi connectivity index (χ1n) is 8.22. The van der Waals surface area contributed by atoms with Gasteiger partial charge in [-0.25, -0.2) is 0 Å². The third-order valence-corrected chi connectivity index (χ3v) is 3.66. The van der Waals surface area contributed by atoms with E-state index in [1.54, 1.807) is 31.4 Å². The van der Waals surface area contributed by atoms with Crippen molar-refractivity contribution in [1.29, 1.82) is 0 Å². The molecule has 26 heavy (non-hydrogen) atoms. The number of para-hydroxylation sites is 1. The van der Waals surface area contributed by atoms with E-state index in [1.165, 1.54) is 0 Å². The van der Waals surface area contributed by atoms with Gasteiger partial charge in [0.1, 0.15) is 11.5 Å². The van der Waals surface area contributed by atoms with Gasteiger partial charge in [-0.05, 0) is 60.7 Å². The van der Waals surface area contributed by atoms with Crippen molar-refractivity contribution in [3.05, 3.63) is 78.9 Å². The molecule has 0 spiro atoms. The molecule has 3 aromatic carbocycles. The zero-order valence-electron chi connectivity index (χ0n) is 14.4. The fraction of sp³-hybridized carbons (Fsp3) is 0.0952. The first kappa shape index (κ1) is 17.4. The van der Waals surface area contributed by atoms with Crippen LogP contribution >= 0.6 is 0 Å². The van der Waals surface area contributed by atoms with Crippen molar-refractivity contribution >= 4 is 23.0 Å². The average Bonchev–Trinajstić information content (AvgIpc) is 2.69. The number of carbonyl (C=O) groups excluding carboxylic acids is 1. The minimum absolute atomic E-state index is 0.0592. The van der Waals surface area contributed by atoms with Crippen molar-refractivity contribution in [2.75, 3.05) is 24.4 Å². The summed E-state index contributed by atoms with van der Waals surface area (Å²) < 4.78 is 10.5. The van der Waals surface area contributed by atoms with Crippen LogP contribution in [0.2, 0.25) is 0 Å². The molecule has 3 aromatic rings. The van der Waals surface area contributed by atoms with Crippen LogP contribution < -0.4 is 20.1 Å². The standard InChI is InChI=1S/C21H20N2O3/c1-25-19-11-13-20(14-12-19)26-15-21(24)23-18-9-7-17(8-10-18)22-16-5-3-2-4-6-16/h2-14,22H,15H2,1H3,(H,23,24). The molecule has 5 heteroatoms. The lowest BCUT2D eigenvalue weighted by Crippen LogP contribution is -2.20. The molecule has 0 bridgehead atoms. The number of rotatable bonds is 7. The normalized spacial score (nSPS) is 10.0. The molecule has 1 amide bonds. The predicted molar refractivity (Wildman–Crippen MR) is 103 cm³/mol. The average molecular weight is 348 g/mol. The summed E-state index contributed by atoms with van der Waals surface area (Å²) in [6, 6.07) is 24.5. The summed E-state index contributed by atoms with van der Waals surface area (Å²) in [5, 5.41) is 6.10. The van der Waals surface area contributed by atoms with Crippen molar-refractivity contribution in [3.63, 3.8) is 0 Å². The highest BCUT2D eigenvalue weighted by Crippen LogP contribution is 2.19. The molecule has 0 heterocycles. The van der Waals surface area contributed by atoms with Crippen LogP contribution in [0, 0.1) is 0 Å². The van der Waals surface area contributed by atoms with Gasteiger partial charge in [0, 0.05) is 17.1 Å². The minimum atomic E-state index is -0.218. The van der Waals surface area contributed by atoms with Crippen LogP contribution in [0.1, 0.15) is 0 Å². The number of amides is 1. The van der Waals surface area contributed by atoms with Crippen molar-refractivity contribution in [3.8, 4) is 11.5 Å². The molecule has 132 valence electrons. The number of methoxy groups -OCH3 is 1. The van der Waals surface area contributed by atoms with Gasteiger partial charge in [0.2, 0.25) is 0 Å². The predicted octanol–water partition coefficient (Wildman–Crippen LogP) is 4.46. The second-order valence-electron chi connectivity index (χ2n) is 5.58. The smallest absolute Gasteiger partial charge is 0.262 e. The van der Waals surface area contributed by atoms with Crippen molar-refractivity contribution in [1.82, 2.24) is 0 Å². The minimum Gasteiger partial charge on any atom is -0.497 e. The van der Waals surface area contributed by atoms with E-state index in [0.29, 0.717) is 11.4 Å². The summed E-state index contributed by atoms with van der Waals surface area (Å²) in [7, 11) is 1.60. The number of benzene rings is 3. The van der Waals surface area contributed by atoms with Crippen molar-refractivity contribution < 1.29 is 14.3 Å². The highest BCUT2D eigenvalue weighted by Gasteiger charge is 2.04. The van der Waals surface area contributed by atoms with Gasteiger partial charge < -0.3 is 20.1 Å². The second-order valence-corrected chi connectivity index (χ2v) is 5.58. The van der Waals surface area contributed by atoms with Crippen LogP contribution in [0.15, 0.2) is 78.9 Å². The first-order valence-corrected chi connectivity index (χ1v) is 8.22. The Morgan fingerprint density at radius 1 is 0.769 bits per heavy atom. The van der Waals surface area contributed by atoms with Crippen LogP contribution in [-0.4, -0.2) is 19.6 Å². The van der Waals surface area contributed by atoms with Gasteiger partial charge in [0.25, 0.3) is 5.91 Å². The molecule has 0 unspecified atom stereocenters. The van der Waals surface area contributed by atoms with Crippen molar-refractivity contribution in [2.45, 2.75) is 0 Å². The van der Waals surface area contributed by atoms with E-state index in [4.69, 9.17) is 9.47 Å². The Morgan fingerprint density at radius 3 is 2.00 bits per heavy atom. The third-order valence-electron chi connectivity index (χ3n) is 3.66. The van der Waals surface area contributed by atoms with Gasteiger partial charge >= 0.3 is 0 Å². The van der Waals surface area contributed by atoms with E-state index in [2.05, 4.69) is 10.6 Å². The largest absolute Gasteiger partial charge is 0.497 e. The van der Waals surface area contributed by atoms with E-state index < -0.39 is 0 Å². The molecule has 0 aliphatic rings. The lowest BCUT2D eigenvalue weighted by molar-refractivity contribution is -0.118. The Labute approximate surface area is 152 Å². The Bertz CT molecular complexity index is 831. The molecular formula is C21H20N2O3. The number of nitrogens with one attached hydrogen (secondary N) is 2. The van der Waals surface area contributed by atoms with Gasteiger partial charge in [-0.2, -0.15) is 0 Å². The summed E-state index contributed by atoms with van der Waals surface area (Å²) in [6.07, 6.45) is 0. The van der Waals surface area contributed by atoms with Gasteiger partial charge in [0.15, 0.2) is 6.61 Å². The maximum Gasteiger partial charge on any atom is 0.262 e. The number of anilines is 3. The third kappa shape index (κ3) is 5.01. The van der Waals surface area contributed by atoms with E-state index in [0.717, 1.165) is 17.1 Å². The number of ether oxygens (including phenoxy) is 2. The molecule has 5 nitrogen and oxygen atoms in total. The van der Waals surface area contributed by atoms with Crippen LogP contribution in [0.4, 0.5) is 17.1 Å². The van der Waals surface area contributed by atoms with E-state index in [9.17, 15) is 4.79 Å². The Balaban J connectivity index is 1.49. The quantitative estimate of drug-likeness (QED) is 0.662. The maximum atomic E-state index is 12.0. The molecule has 2 N–H and O–H groups in total. The molecule has 0 radical (unpaired) electrons. The summed E-state index contributed by atoms with van der Waals surface area (Å²) >= 11 is 0. The molecule has 0 aromatic heterocycles. The summed E-state index contributed by atoms with van der Waals surface area (Å²) in [5.41, 5.74) is 2.67. The molecule has 0 aliphatic heterocycles. The fourth-order valence-corrected chi connectivity index (χ4v) is 2.34. The van der Waals surface area contributed by atoms with E-state index in [1.807, 2.05) is 54.6 Å². The van der Waals surface area contributed by atoms with Gasteiger partial charge in [-0.15, -0.1) is 0 Å². The van der Waals surface area contributed by atoms with Gasteiger partial charge in [-0.3, -0.25) is 4.79 Å². The molecular weight excluding hydrogens is 328 g/mol. The molecule has 3 rings (SSSR count). The zero-order valence-corrected chi connectivity index (χ0v) is 14.4. The highest BCUT2D eigenvalue weighted by atomic mass is 16.5. The zero-order chi connectivity index (χ0) is 18.2. The molecule has 0 aliphatic carbocycles. The Morgan fingerprint density at radius 2 is 1.35 bits per heavy atom. The molecule has 0 fully saturated rings. The number of carbonyl (C=O) groups is 1.